The van der Waals surface area contributed by atoms with Gasteiger partial charge in [-0.25, -0.2) is 14.4 Å². The highest BCUT2D eigenvalue weighted by Crippen LogP contribution is 2.62. The van der Waals surface area contributed by atoms with E-state index >= 15 is 0 Å². The molecule has 2 atom stereocenters. The average molecular weight is 395 g/mol. The second-order valence-electron chi connectivity index (χ2n) is 8.74. The zero-order chi connectivity index (χ0) is 21.3. The monoisotopic (exact) mass is 395 g/mol. The lowest BCUT2D eigenvalue weighted by Gasteiger charge is -2.39. The summed E-state index contributed by atoms with van der Waals surface area (Å²) in [6.07, 6.45) is 2.04. The minimum Gasteiger partial charge on any atom is -0.478 e. The van der Waals surface area contributed by atoms with Crippen LogP contribution >= 0.6 is 0 Å². The molecular formula is C19H29N3O6. The molecule has 2 unspecified atom stereocenters. The van der Waals surface area contributed by atoms with E-state index in [2.05, 4.69) is 38.3 Å². The van der Waals surface area contributed by atoms with Crippen LogP contribution in [0.1, 0.15) is 34.1 Å². The SMILES string of the molecule is CC1(C)C(NC(=O)N2CC3CNCC(C3)C2=O)C1(C)C.O=C(O)/C=C/C(=O)O. The van der Waals surface area contributed by atoms with Gasteiger partial charge in [0.05, 0.1) is 5.92 Å². The van der Waals surface area contributed by atoms with Crippen molar-refractivity contribution in [1.29, 1.82) is 0 Å². The third kappa shape index (κ3) is 4.52. The van der Waals surface area contributed by atoms with Gasteiger partial charge in [-0.3, -0.25) is 9.69 Å². The summed E-state index contributed by atoms with van der Waals surface area (Å²) in [6.45, 7) is 10.8. The van der Waals surface area contributed by atoms with Crippen molar-refractivity contribution >= 4 is 23.9 Å². The molecule has 3 rings (SSSR count). The molecule has 1 aliphatic carbocycles. The Balaban J connectivity index is 0.000000300. The summed E-state index contributed by atoms with van der Waals surface area (Å²) in [5.41, 5.74) is 0.192. The molecule has 2 saturated heterocycles. The summed E-state index contributed by atoms with van der Waals surface area (Å²) in [7, 11) is 0. The number of nitrogens with zero attached hydrogens (tertiary/aromatic N) is 1. The molecule has 9 heteroatoms. The van der Waals surface area contributed by atoms with Crippen molar-refractivity contribution in [3.63, 3.8) is 0 Å². The number of aliphatic carboxylic acids is 2. The number of carbonyl (C=O) groups excluding carboxylic acids is 2. The van der Waals surface area contributed by atoms with Crippen LogP contribution in [0.15, 0.2) is 12.2 Å². The van der Waals surface area contributed by atoms with Crippen LogP contribution in [-0.2, 0) is 14.4 Å². The first-order valence-electron chi connectivity index (χ1n) is 9.34. The van der Waals surface area contributed by atoms with E-state index < -0.39 is 11.9 Å². The first-order chi connectivity index (χ1) is 12.9. The number of carbonyl (C=O) groups is 4. The van der Waals surface area contributed by atoms with E-state index in [4.69, 9.17) is 10.2 Å². The van der Waals surface area contributed by atoms with Crippen molar-refractivity contribution in [1.82, 2.24) is 15.5 Å². The summed E-state index contributed by atoms with van der Waals surface area (Å²) in [5, 5.41) is 22.0. The van der Waals surface area contributed by atoms with Gasteiger partial charge in [0, 0.05) is 31.3 Å². The maximum absolute atomic E-state index is 12.4. The number of carboxylic acid groups (broad SMARTS) is 2. The van der Waals surface area contributed by atoms with Crippen molar-refractivity contribution in [2.24, 2.45) is 22.7 Å². The van der Waals surface area contributed by atoms with Crippen LogP contribution in [0, 0.1) is 22.7 Å². The second-order valence-corrected chi connectivity index (χ2v) is 8.74. The molecule has 0 spiro atoms. The Hall–Kier alpha value is -2.42. The van der Waals surface area contributed by atoms with Gasteiger partial charge in [0.1, 0.15) is 0 Å². The molecule has 9 nitrogen and oxygen atoms in total. The van der Waals surface area contributed by atoms with Crippen LogP contribution in [0.2, 0.25) is 0 Å². The fourth-order valence-electron chi connectivity index (χ4n) is 4.01. The van der Waals surface area contributed by atoms with E-state index in [0.717, 1.165) is 13.0 Å². The zero-order valence-electron chi connectivity index (χ0n) is 16.7. The number of carboxylic acids is 2. The predicted molar refractivity (Wildman–Crippen MR) is 100 cm³/mol. The van der Waals surface area contributed by atoms with Crippen LogP contribution < -0.4 is 10.6 Å². The molecule has 0 aromatic rings. The van der Waals surface area contributed by atoms with Crippen molar-refractivity contribution in [2.75, 3.05) is 19.6 Å². The third-order valence-electron chi connectivity index (χ3n) is 6.40. The molecule has 4 N–H and O–H groups in total. The Kier molecular flexibility index (Phi) is 6.18. The number of imide groups is 1. The van der Waals surface area contributed by atoms with Gasteiger partial charge < -0.3 is 20.8 Å². The lowest BCUT2D eigenvalue weighted by atomic mass is 9.85. The highest BCUT2D eigenvalue weighted by molar-refractivity contribution is 5.96. The molecule has 2 heterocycles. The summed E-state index contributed by atoms with van der Waals surface area (Å²) in [6, 6.07) is -0.0505. The number of fused-ring (bicyclic) bond motifs is 2. The summed E-state index contributed by atoms with van der Waals surface area (Å²) < 4.78 is 0. The molecule has 3 aliphatic rings. The fourth-order valence-corrected chi connectivity index (χ4v) is 4.01. The van der Waals surface area contributed by atoms with Gasteiger partial charge in [0.25, 0.3) is 0 Å². The van der Waals surface area contributed by atoms with Gasteiger partial charge in [0.2, 0.25) is 5.91 Å². The minimum atomic E-state index is -1.26. The van der Waals surface area contributed by atoms with Crippen molar-refractivity contribution in [3.05, 3.63) is 12.2 Å². The molecule has 2 bridgehead atoms. The number of urea groups is 1. The molecule has 28 heavy (non-hydrogen) atoms. The topological polar surface area (TPSA) is 136 Å². The van der Waals surface area contributed by atoms with Crippen LogP contribution in [0.3, 0.4) is 0 Å². The van der Waals surface area contributed by atoms with Crippen LogP contribution in [0.4, 0.5) is 4.79 Å². The molecule has 0 radical (unpaired) electrons. The van der Waals surface area contributed by atoms with Crippen LogP contribution in [0.5, 0.6) is 0 Å². The third-order valence-corrected chi connectivity index (χ3v) is 6.40. The first kappa shape index (κ1) is 21.9. The van der Waals surface area contributed by atoms with Gasteiger partial charge in [-0.15, -0.1) is 0 Å². The Labute approximate surface area is 164 Å². The smallest absolute Gasteiger partial charge is 0.328 e. The van der Waals surface area contributed by atoms with Gasteiger partial charge in [-0.05, 0) is 29.7 Å². The highest BCUT2D eigenvalue weighted by Gasteiger charge is 2.65. The predicted octanol–water partition coefficient (Wildman–Crippen LogP) is 0.910. The number of hydrogen-bond donors (Lipinski definition) is 4. The Bertz CT molecular complexity index is 670. The summed E-state index contributed by atoms with van der Waals surface area (Å²) in [5.74, 6) is -2.13. The standard InChI is InChI=1S/C15H25N3O2.C4H4O4/c1-14(2)12(15(14,3)4)17-13(20)18-8-9-5-10(11(18)19)7-16-6-9;5-3(6)1-2-4(7)8/h9-10,12,16H,5-8H2,1-4H3,(H,17,20);1-2H,(H,5,6)(H,7,8)/b;2-1+. The second kappa shape index (κ2) is 7.90. The number of piperidine rings is 2. The maximum Gasteiger partial charge on any atom is 0.328 e. The Morgan fingerprint density at radius 2 is 1.61 bits per heavy atom. The van der Waals surface area contributed by atoms with Crippen molar-refractivity contribution in [2.45, 2.75) is 40.2 Å². The molecular weight excluding hydrogens is 366 g/mol. The van der Waals surface area contributed by atoms with Crippen molar-refractivity contribution < 1.29 is 29.4 Å². The maximum atomic E-state index is 12.4. The number of likely N-dealkylation sites (tertiary alicyclic amines) is 1. The van der Waals surface area contributed by atoms with Crippen LogP contribution in [-0.4, -0.2) is 64.7 Å². The molecule has 0 aromatic heterocycles. The normalized spacial score (nSPS) is 27.6. The van der Waals surface area contributed by atoms with Gasteiger partial charge in [-0.1, -0.05) is 27.7 Å². The number of amides is 3. The Morgan fingerprint density at radius 1 is 1.07 bits per heavy atom. The molecule has 156 valence electrons. The highest BCUT2D eigenvalue weighted by atomic mass is 16.4. The molecule has 2 aliphatic heterocycles. The quantitative estimate of drug-likeness (QED) is 0.522. The largest absolute Gasteiger partial charge is 0.478 e. The number of hydrogen-bond acceptors (Lipinski definition) is 5. The lowest BCUT2D eigenvalue weighted by molar-refractivity contribution is -0.137. The van der Waals surface area contributed by atoms with Gasteiger partial charge >= 0.3 is 18.0 Å². The van der Waals surface area contributed by atoms with E-state index in [9.17, 15) is 19.2 Å². The zero-order valence-corrected chi connectivity index (χ0v) is 16.7. The molecule has 0 aromatic carbocycles. The Morgan fingerprint density at radius 3 is 2.07 bits per heavy atom. The number of nitrogens with one attached hydrogen (secondary N) is 2. The molecule has 3 fully saturated rings. The van der Waals surface area contributed by atoms with E-state index in [1.807, 2.05) is 0 Å². The van der Waals surface area contributed by atoms with E-state index in [1.54, 1.807) is 0 Å². The van der Waals surface area contributed by atoms with E-state index in [-0.39, 0.29) is 34.7 Å². The average Bonchev–Trinajstić information content (AvgIpc) is 2.99. The van der Waals surface area contributed by atoms with E-state index in [1.165, 1.54) is 4.90 Å². The van der Waals surface area contributed by atoms with E-state index in [0.29, 0.717) is 31.2 Å². The molecule has 1 saturated carbocycles. The van der Waals surface area contributed by atoms with Gasteiger partial charge in [0.15, 0.2) is 0 Å². The van der Waals surface area contributed by atoms with Gasteiger partial charge in [-0.2, -0.15) is 0 Å². The van der Waals surface area contributed by atoms with Crippen LogP contribution in [0.25, 0.3) is 0 Å². The number of rotatable bonds is 3. The fraction of sp³-hybridized carbons (Fsp3) is 0.684. The summed E-state index contributed by atoms with van der Waals surface area (Å²) >= 11 is 0. The van der Waals surface area contributed by atoms with Crippen molar-refractivity contribution in [3.8, 4) is 0 Å². The summed E-state index contributed by atoms with van der Waals surface area (Å²) in [4.78, 5) is 45.3. The minimum absolute atomic E-state index is 0.0118. The molecule has 3 amide bonds. The first-order valence-corrected chi connectivity index (χ1v) is 9.34. The lowest BCUT2D eigenvalue weighted by Crippen LogP contribution is -2.58.